The molecule has 3 heterocycles. The molecular weight excluding hydrogens is 284 g/mol. The summed E-state index contributed by atoms with van der Waals surface area (Å²) >= 11 is 9.08. The average Bonchev–Trinajstić information content (AvgIpc) is 3.04. The van der Waals surface area contributed by atoms with E-state index in [-0.39, 0.29) is 0 Å². The van der Waals surface area contributed by atoms with Gasteiger partial charge in [-0.25, -0.2) is 4.98 Å². The van der Waals surface area contributed by atoms with Gasteiger partial charge in [0, 0.05) is 23.0 Å². The minimum atomic E-state index is 0.690. The van der Waals surface area contributed by atoms with E-state index in [9.17, 15) is 0 Å². The fourth-order valence-electron chi connectivity index (χ4n) is 1.77. The molecule has 3 rings (SSSR count). The molecule has 0 unspecified atom stereocenters. The molecule has 0 aliphatic rings. The quantitative estimate of drug-likeness (QED) is 0.658. The Kier molecular flexibility index (Phi) is 3.59. The van der Waals surface area contributed by atoms with Crippen molar-refractivity contribution in [2.24, 2.45) is 0 Å². The zero-order chi connectivity index (χ0) is 12.4. The van der Waals surface area contributed by atoms with E-state index in [1.165, 1.54) is 4.70 Å². The molecule has 0 saturated heterocycles. The number of alkyl halides is 1. The van der Waals surface area contributed by atoms with Gasteiger partial charge in [-0.05, 0) is 30.4 Å². The van der Waals surface area contributed by atoms with Crippen LogP contribution in [0.2, 0.25) is 0 Å². The lowest BCUT2D eigenvalue weighted by molar-refractivity contribution is 0.900. The molecular formula is C13H11ClN2S2. The van der Waals surface area contributed by atoms with Gasteiger partial charge in [0.2, 0.25) is 0 Å². The number of hydrogen-bond donors (Lipinski definition) is 0. The van der Waals surface area contributed by atoms with Crippen molar-refractivity contribution in [1.82, 2.24) is 9.97 Å². The van der Waals surface area contributed by atoms with E-state index < -0.39 is 0 Å². The van der Waals surface area contributed by atoms with Gasteiger partial charge in [-0.15, -0.1) is 34.3 Å². The molecule has 0 aliphatic heterocycles. The van der Waals surface area contributed by atoms with Crippen LogP contribution < -0.4 is 0 Å². The molecule has 18 heavy (non-hydrogen) atoms. The van der Waals surface area contributed by atoms with E-state index in [0.29, 0.717) is 5.88 Å². The number of hydrogen-bond acceptors (Lipinski definition) is 4. The Bertz CT molecular complexity index is 660. The summed E-state index contributed by atoms with van der Waals surface area (Å²) in [6.07, 6.45) is 3.83. The fourth-order valence-corrected chi connectivity index (χ4v) is 3.52. The highest BCUT2D eigenvalue weighted by molar-refractivity contribution is 7.17. The molecule has 0 aromatic carbocycles. The summed E-state index contributed by atoms with van der Waals surface area (Å²) in [5.41, 5.74) is 3.29. The number of halogens is 1. The Balaban J connectivity index is 1.90. The molecule has 0 atom stereocenters. The van der Waals surface area contributed by atoms with Crippen LogP contribution in [0.1, 0.15) is 12.1 Å². The number of rotatable bonds is 4. The van der Waals surface area contributed by atoms with Crippen molar-refractivity contribution in [3.05, 3.63) is 34.8 Å². The van der Waals surface area contributed by atoms with Crippen LogP contribution in [0.25, 0.3) is 20.8 Å². The van der Waals surface area contributed by atoms with Crippen molar-refractivity contribution in [3.8, 4) is 10.6 Å². The molecule has 0 amide bonds. The molecule has 3 aromatic heterocycles. The van der Waals surface area contributed by atoms with Crippen LogP contribution in [0.15, 0.2) is 29.1 Å². The lowest BCUT2D eigenvalue weighted by atomic mass is 10.2. The summed E-state index contributed by atoms with van der Waals surface area (Å²) in [5, 5.41) is 5.22. The van der Waals surface area contributed by atoms with Crippen molar-refractivity contribution < 1.29 is 0 Å². The molecule has 0 fully saturated rings. The minimum absolute atomic E-state index is 0.690. The van der Waals surface area contributed by atoms with Gasteiger partial charge in [0.05, 0.1) is 15.9 Å². The third-order valence-electron chi connectivity index (χ3n) is 2.67. The van der Waals surface area contributed by atoms with Crippen LogP contribution in [0, 0.1) is 0 Å². The van der Waals surface area contributed by atoms with Crippen LogP contribution in [0.5, 0.6) is 0 Å². The van der Waals surface area contributed by atoms with Crippen molar-refractivity contribution in [1.29, 1.82) is 0 Å². The number of pyridine rings is 1. The smallest absolute Gasteiger partial charge is 0.125 e. The highest BCUT2D eigenvalue weighted by atomic mass is 35.5. The Labute approximate surface area is 118 Å². The predicted octanol–water partition coefficient (Wildman–Crippen LogP) is 4.59. The largest absolute Gasteiger partial charge is 0.255 e. The van der Waals surface area contributed by atoms with E-state index in [0.717, 1.165) is 34.6 Å². The fraction of sp³-hybridized carbons (Fsp3) is 0.231. The molecule has 0 bridgehead atoms. The van der Waals surface area contributed by atoms with E-state index in [1.54, 1.807) is 22.7 Å². The van der Waals surface area contributed by atoms with Crippen molar-refractivity contribution in [2.75, 3.05) is 5.88 Å². The Morgan fingerprint density at radius 1 is 1.28 bits per heavy atom. The predicted molar refractivity (Wildman–Crippen MR) is 79.8 cm³/mol. The first-order valence-electron chi connectivity index (χ1n) is 5.71. The van der Waals surface area contributed by atoms with Gasteiger partial charge in [0.25, 0.3) is 0 Å². The lowest BCUT2D eigenvalue weighted by Crippen LogP contribution is -1.86. The zero-order valence-electron chi connectivity index (χ0n) is 9.60. The Morgan fingerprint density at radius 2 is 2.22 bits per heavy atom. The van der Waals surface area contributed by atoms with Crippen LogP contribution in [0.3, 0.4) is 0 Å². The molecule has 92 valence electrons. The SMILES string of the molecule is ClCCCc1csc(-c2cnc3ccsc3c2)n1. The maximum Gasteiger partial charge on any atom is 0.125 e. The number of aryl methyl sites for hydroxylation is 1. The second kappa shape index (κ2) is 5.34. The highest BCUT2D eigenvalue weighted by Crippen LogP contribution is 2.28. The second-order valence-corrected chi connectivity index (χ2v) is 6.15. The highest BCUT2D eigenvalue weighted by Gasteiger charge is 2.06. The number of fused-ring (bicyclic) bond motifs is 1. The van der Waals surface area contributed by atoms with Gasteiger partial charge in [0.15, 0.2) is 0 Å². The third-order valence-corrected chi connectivity index (χ3v) is 4.73. The van der Waals surface area contributed by atoms with Gasteiger partial charge in [-0.3, -0.25) is 4.98 Å². The van der Waals surface area contributed by atoms with Crippen molar-refractivity contribution >= 4 is 44.5 Å². The number of nitrogens with zero attached hydrogens (tertiary/aromatic N) is 2. The number of aromatic nitrogens is 2. The molecule has 5 heteroatoms. The van der Waals surface area contributed by atoms with Crippen LogP contribution in [-0.2, 0) is 6.42 Å². The van der Waals surface area contributed by atoms with Gasteiger partial charge >= 0.3 is 0 Å². The monoisotopic (exact) mass is 294 g/mol. The van der Waals surface area contributed by atoms with Crippen molar-refractivity contribution in [2.45, 2.75) is 12.8 Å². The molecule has 2 nitrogen and oxygen atoms in total. The first kappa shape index (κ1) is 12.1. The summed E-state index contributed by atoms with van der Waals surface area (Å²) < 4.78 is 1.21. The first-order chi connectivity index (χ1) is 8.86. The molecule has 0 aliphatic carbocycles. The molecule has 0 N–H and O–H groups in total. The van der Waals surface area contributed by atoms with Crippen LogP contribution in [-0.4, -0.2) is 15.8 Å². The normalized spacial score (nSPS) is 11.2. The maximum absolute atomic E-state index is 5.70. The zero-order valence-corrected chi connectivity index (χ0v) is 12.0. The molecule has 0 spiro atoms. The van der Waals surface area contributed by atoms with Gasteiger partial charge in [-0.1, -0.05) is 0 Å². The van der Waals surface area contributed by atoms with Crippen LogP contribution in [0.4, 0.5) is 0 Å². The van der Waals surface area contributed by atoms with E-state index in [1.807, 2.05) is 12.3 Å². The Hall–Kier alpha value is -0.970. The topological polar surface area (TPSA) is 25.8 Å². The summed E-state index contributed by atoms with van der Waals surface area (Å²) in [6.45, 7) is 0. The second-order valence-electron chi connectivity index (χ2n) is 3.96. The van der Waals surface area contributed by atoms with Gasteiger partial charge < -0.3 is 0 Å². The summed E-state index contributed by atoms with van der Waals surface area (Å²) in [4.78, 5) is 9.08. The average molecular weight is 295 g/mol. The molecule has 0 saturated carbocycles. The van der Waals surface area contributed by atoms with Gasteiger partial charge in [-0.2, -0.15) is 0 Å². The van der Waals surface area contributed by atoms with Crippen LogP contribution >= 0.6 is 34.3 Å². The molecule has 3 aromatic rings. The standard InChI is InChI=1S/C13H11ClN2S2/c14-4-1-2-10-8-18-13(16-10)9-6-12-11(15-7-9)3-5-17-12/h3,5-8H,1-2,4H2. The maximum atomic E-state index is 5.70. The van der Waals surface area contributed by atoms with E-state index in [4.69, 9.17) is 11.6 Å². The number of thiophene rings is 1. The van der Waals surface area contributed by atoms with Gasteiger partial charge in [0.1, 0.15) is 5.01 Å². The van der Waals surface area contributed by atoms with Crippen molar-refractivity contribution in [3.63, 3.8) is 0 Å². The minimum Gasteiger partial charge on any atom is -0.255 e. The van der Waals surface area contributed by atoms with E-state index in [2.05, 4.69) is 26.8 Å². The summed E-state index contributed by atoms with van der Waals surface area (Å²) in [7, 11) is 0. The first-order valence-corrected chi connectivity index (χ1v) is 8.00. The molecule has 0 radical (unpaired) electrons. The van der Waals surface area contributed by atoms with E-state index >= 15 is 0 Å². The number of thiazole rings is 1. The Morgan fingerprint density at radius 3 is 3.11 bits per heavy atom. The lowest BCUT2D eigenvalue weighted by Gasteiger charge is -1.96. The summed E-state index contributed by atoms with van der Waals surface area (Å²) in [6, 6.07) is 4.20. The third kappa shape index (κ3) is 2.41. The summed E-state index contributed by atoms with van der Waals surface area (Å²) in [5.74, 6) is 0.690.